The van der Waals surface area contributed by atoms with Gasteiger partial charge in [-0.1, -0.05) is 18.2 Å². The highest BCUT2D eigenvalue weighted by atomic mass is 32.1. The minimum atomic E-state index is 0.897. The van der Waals surface area contributed by atoms with Crippen molar-refractivity contribution in [2.75, 3.05) is 24.5 Å². The molecule has 2 heterocycles. The SMILES string of the molecule is c1ccc2c(c1)CCN2CCCNCc1nccs1. The van der Waals surface area contributed by atoms with Gasteiger partial charge < -0.3 is 10.2 Å². The number of nitrogens with one attached hydrogen (secondary N) is 1. The summed E-state index contributed by atoms with van der Waals surface area (Å²) >= 11 is 1.71. The minimum Gasteiger partial charge on any atom is -0.371 e. The van der Waals surface area contributed by atoms with E-state index in [1.807, 2.05) is 11.6 Å². The minimum absolute atomic E-state index is 0.897. The second-order valence-electron chi connectivity index (χ2n) is 4.82. The summed E-state index contributed by atoms with van der Waals surface area (Å²) in [4.78, 5) is 6.77. The zero-order valence-corrected chi connectivity index (χ0v) is 11.8. The maximum Gasteiger partial charge on any atom is 0.106 e. The van der Waals surface area contributed by atoms with Crippen LogP contribution in [0.2, 0.25) is 0 Å². The Labute approximate surface area is 118 Å². The Morgan fingerprint density at radius 3 is 3.16 bits per heavy atom. The van der Waals surface area contributed by atoms with Gasteiger partial charge in [-0.05, 0) is 31.0 Å². The lowest BCUT2D eigenvalue weighted by molar-refractivity contribution is 0.637. The smallest absolute Gasteiger partial charge is 0.106 e. The molecule has 0 bridgehead atoms. The first-order valence-electron chi connectivity index (χ1n) is 6.85. The molecule has 4 heteroatoms. The maximum absolute atomic E-state index is 4.27. The quantitative estimate of drug-likeness (QED) is 0.820. The van der Waals surface area contributed by atoms with Crippen molar-refractivity contribution < 1.29 is 0 Å². The molecule has 19 heavy (non-hydrogen) atoms. The Hall–Kier alpha value is -1.39. The van der Waals surface area contributed by atoms with Gasteiger partial charge >= 0.3 is 0 Å². The van der Waals surface area contributed by atoms with Crippen molar-refractivity contribution in [1.82, 2.24) is 10.3 Å². The lowest BCUT2D eigenvalue weighted by atomic mass is 10.2. The molecule has 100 valence electrons. The zero-order valence-electron chi connectivity index (χ0n) is 11.0. The topological polar surface area (TPSA) is 28.2 Å². The van der Waals surface area contributed by atoms with E-state index in [-0.39, 0.29) is 0 Å². The predicted molar refractivity (Wildman–Crippen MR) is 80.8 cm³/mol. The number of hydrogen-bond acceptors (Lipinski definition) is 4. The molecule has 1 aromatic carbocycles. The maximum atomic E-state index is 4.27. The van der Waals surface area contributed by atoms with Gasteiger partial charge in [-0.2, -0.15) is 0 Å². The number of benzene rings is 1. The fraction of sp³-hybridized carbons (Fsp3) is 0.400. The summed E-state index contributed by atoms with van der Waals surface area (Å²) in [5, 5.41) is 6.66. The Balaban J connectivity index is 1.39. The average Bonchev–Trinajstić information content (AvgIpc) is 3.08. The normalized spacial score (nSPS) is 13.8. The van der Waals surface area contributed by atoms with E-state index in [1.54, 1.807) is 11.3 Å². The molecular weight excluding hydrogens is 254 g/mol. The van der Waals surface area contributed by atoms with Crippen LogP contribution < -0.4 is 10.2 Å². The van der Waals surface area contributed by atoms with Crippen LogP contribution in [-0.2, 0) is 13.0 Å². The standard InChI is InChI=1S/C15H19N3S/c1-2-5-14-13(4-1)6-10-18(14)9-3-7-16-12-15-17-8-11-19-15/h1-2,4-5,8,11,16H,3,6-7,9-10,12H2. The van der Waals surface area contributed by atoms with Crippen molar-refractivity contribution >= 4 is 17.0 Å². The van der Waals surface area contributed by atoms with Crippen molar-refractivity contribution in [3.05, 3.63) is 46.4 Å². The van der Waals surface area contributed by atoms with Gasteiger partial charge in [0.15, 0.2) is 0 Å². The van der Waals surface area contributed by atoms with Crippen LogP contribution in [0.5, 0.6) is 0 Å². The number of aromatic nitrogens is 1. The molecule has 0 aliphatic carbocycles. The molecule has 1 aliphatic heterocycles. The van der Waals surface area contributed by atoms with Crippen LogP contribution in [0.1, 0.15) is 17.0 Å². The second kappa shape index (κ2) is 6.17. The first-order valence-corrected chi connectivity index (χ1v) is 7.73. The number of nitrogens with zero attached hydrogens (tertiary/aromatic N) is 2. The lowest BCUT2D eigenvalue weighted by Gasteiger charge is -2.19. The van der Waals surface area contributed by atoms with Crippen LogP contribution in [0.25, 0.3) is 0 Å². The van der Waals surface area contributed by atoms with Crippen molar-refractivity contribution in [3.63, 3.8) is 0 Å². The Morgan fingerprint density at radius 2 is 2.26 bits per heavy atom. The van der Waals surface area contributed by atoms with Gasteiger partial charge in [0.2, 0.25) is 0 Å². The summed E-state index contributed by atoms with van der Waals surface area (Å²) in [6, 6.07) is 8.76. The lowest BCUT2D eigenvalue weighted by Crippen LogP contribution is -2.25. The van der Waals surface area contributed by atoms with E-state index in [0.29, 0.717) is 0 Å². The molecular formula is C15H19N3S. The van der Waals surface area contributed by atoms with Gasteiger partial charge in [0, 0.05) is 36.9 Å². The van der Waals surface area contributed by atoms with E-state index in [9.17, 15) is 0 Å². The van der Waals surface area contributed by atoms with E-state index in [1.165, 1.54) is 35.6 Å². The van der Waals surface area contributed by atoms with Crippen LogP contribution in [0.3, 0.4) is 0 Å². The largest absolute Gasteiger partial charge is 0.371 e. The van der Waals surface area contributed by atoms with Crippen molar-refractivity contribution in [3.8, 4) is 0 Å². The Morgan fingerprint density at radius 1 is 1.32 bits per heavy atom. The van der Waals surface area contributed by atoms with Crippen LogP contribution in [0.15, 0.2) is 35.8 Å². The van der Waals surface area contributed by atoms with Crippen LogP contribution >= 0.6 is 11.3 Å². The molecule has 0 unspecified atom stereocenters. The summed E-state index contributed by atoms with van der Waals surface area (Å²) in [5.41, 5.74) is 2.93. The van der Waals surface area contributed by atoms with Crippen LogP contribution in [0, 0.1) is 0 Å². The molecule has 3 nitrogen and oxygen atoms in total. The van der Waals surface area contributed by atoms with E-state index < -0.39 is 0 Å². The number of thiazole rings is 1. The van der Waals surface area contributed by atoms with Gasteiger partial charge in [-0.25, -0.2) is 4.98 Å². The average molecular weight is 273 g/mol. The highest BCUT2D eigenvalue weighted by molar-refractivity contribution is 7.09. The van der Waals surface area contributed by atoms with Gasteiger partial charge in [-0.3, -0.25) is 0 Å². The number of hydrogen-bond donors (Lipinski definition) is 1. The van der Waals surface area contributed by atoms with E-state index in [4.69, 9.17) is 0 Å². The molecule has 0 spiro atoms. The predicted octanol–water partition coefficient (Wildman–Crippen LogP) is 2.69. The van der Waals surface area contributed by atoms with Gasteiger partial charge in [0.25, 0.3) is 0 Å². The third-order valence-electron chi connectivity index (χ3n) is 3.52. The van der Waals surface area contributed by atoms with Crippen molar-refractivity contribution in [2.45, 2.75) is 19.4 Å². The highest BCUT2D eigenvalue weighted by Crippen LogP contribution is 2.27. The molecule has 0 atom stereocenters. The zero-order chi connectivity index (χ0) is 12.9. The van der Waals surface area contributed by atoms with Crippen LogP contribution in [-0.4, -0.2) is 24.6 Å². The third-order valence-corrected chi connectivity index (χ3v) is 4.30. The number of fused-ring (bicyclic) bond motifs is 1. The van der Waals surface area contributed by atoms with Crippen LogP contribution in [0.4, 0.5) is 5.69 Å². The molecule has 0 fully saturated rings. The number of rotatable bonds is 6. The fourth-order valence-electron chi connectivity index (χ4n) is 2.57. The number of para-hydroxylation sites is 1. The third kappa shape index (κ3) is 3.14. The van der Waals surface area contributed by atoms with Crippen molar-refractivity contribution in [1.29, 1.82) is 0 Å². The van der Waals surface area contributed by atoms with Gasteiger partial charge in [0.1, 0.15) is 5.01 Å². The molecule has 1 aliphatic rings. The monoisotopic (exact) mass is 273 g/mol. The second-order valence-corrected chi connectivity index (χ2v) is 5.80. The molecule has 2 aromatic rings. The first kappa shape index (κ1) is 12.6. The molecule has 3 rings (SSSR count). The summed E-state index contributed by atoms with van der Waals surface area (Å²) < 4.78 is 0. The van der Waals surface area contributed by atoms with Gasteiger partial charge in [-0.15, -0.1) is 11.3 Å². The molecule has 1 N–H and O–H groups in total. The molecule has 0 amide bonds. The molecule has 0 saturated heterocycles. The number of anilines is 1. The molecule has 0 radical (unpaired) electrons. The fourth-order valence-corrected chi connectivity index (χ4v) is 3.16. The summed E-state index contributed by atoms with van der Waals surface area (Å²) in [6.45, 7) is 4.26. The van der Waals surface area contributed by atoms with Crippen molar-refractivity contribution in [2.24, 2.45) is 0 Å². The van der Waals surface area contributed by atoms with E-state index in [2.05, 4.69) is 39.5 Å². The first-order chi connectivity index (χ1) is 9.43. The van der Waals surface area contributed by atoms with Gasteiger partial charge in [0.05, 0.1) is 0 Å². The summed E-state index contributed by atoms with van der Waals surface area (Å²) in [5.74, 6) is 0. The molecule has 0 saturated carbocycles. The summed E-state index contributed by atoms with van der Waals surface area (Å²) in [7, 11) is 0. The molecule has 1 aromatic heterocycles. The Kier molecular flexibility index (Phi) is 4.10. The van der Waals surface area contributed by atoms with E-state index in [0.717, 1.165) is 19.6 Å². The summed E-state index contributed by atoms with van der Waals surface area (Å²) in [6.07, 6.45) is 4.24. The van der Waals surface area contributed by atoms with E-state index >= 15 is 0 Å². The highest BCUT2D eigenvalue weighted by Gasteiger charge is 2.16. The Bertz CT molecular complexity index is 510.